The lowest BCUT2D eigenvalue weighted by Crippen LogP contribution is -2.12. The van der Waals surface area contributed by atoms with Crippen LogP contribution >= 0.6 is 35.6 Å². The Labute approximate surface area is 120 Å². The van der Waals surface area contributed by atoms with Gasteiger partial charge >= 0.3 is 0 Å². The third-order valence-electron chi connectivity index (χ3n) is 2.51. The van der Waals surface area contributed by atoms with Crippen LogP contribution in [0.2, 0.25) is 5.02 Å². The number of hydrogen-bond acceptors (Lipinski definition) is 4. The predicted octanol–water partition coefficient (Wildman–Crippen LogP) is 3.53. The number of nitrogens with two attached hydrogens (primary N) is 1. The Kier molecular flexibility index (Phi) is 4.07. The highest BCUT2D eigenvalue weighted by atomic mass is 35.5. The Morgan fingerprint density at radius 1 is 1.39 bits per heavy atom. The van der Waals surface area contributed by atoms with Gasteiger partial charge in [0.2, 0.25) is 0 Å². The summed E-state index contributed by atoms with van der Waals surface area (Å²) in [6.45, 7) is 0. The van der Waals surface area contributed by atoms with Crippen molar-refractivity contribution < 1.29 is 0 Å². The summed E-state index contributed by atoms with van der Waals surface area (Å²) in [5.74, 6) is 0. The number of hydrogen-bond donors (Lipinski definition) is 1. The number of thiocarbonyl (C=S) groups is 1. The first-order valence-corrected chi connectivity index (χ1v) is 6.88. The summed E-state index contributed by atoms with van der Waals surface area (Å²) < 4.78 is 0. The van der Waals surface area contributed by atoms with E-state index in [0.29, 0.717) is 15.6 Å². The van der Waals surface area contributed by atoms with Gasteiger partial charge in [-0.15, -0.1) is 0 Å². The molecule has 1 unspecified atom stereocenters. The van der Waals surface area contributed by atoms with Crippen molar-refractivity contribution in [2.45, 2.75) is 5.25 Å². The summed E-state index contributed by atoms with van der Waals surface area (Å²) in [4.78, 5) is 0. The molecule has 0 fully saturated rings. The molecule has 1 heterocycles. The number of nitriles is 1. The van der Waals surface area contributed by atoms with E-state index in [1.54, 1.807) is 17.5 Å². The molecule has 2 nitrogen and oxygen atoms in total. The lowest BCUT2D eigenvalue weighted by molar-refractivity contribution is 1.39. The average molecular weight is 293 g/mol. The molecule has 0 aliphatic carbocycles. The zero-order valence-electron chi connectivity index (χ0n) is 9.26. The largest absolute Gasteiger partial charge is 0.392 e. The van der Waals surface area contributed by atoms with Crippen LogP contribution in [-0.4, -0.2) is 10.6 Å². The van der Waals surface area contributed by atoms with Crippen LogP contribution in [0.25, 0.3) is 5.57 Å². The summed E-state index contributed by atoms with van der Waals surface area (Å²) >= 11 is 12.2. The summed E-state index contributed by atoms with van der Waals surface area (Å²) in [6, 6.07) is 9.46. The molecule has 0 amide bonds. The molecule has 0 aromatic heterocycles. The fraction of sp³-hybridized carbons (Fsp3) is 0.0769. The minimum Gasteiger partial charge on any atom is -0.392 e. The quantitative estimate of drug-likeness (QED) is 0.847. The molecule has 18 heavy (non-hydrogen) atoms. The number of thioether (sulfide) groups is 1. The first kappa shape index (κ1) is 13.2. The molecule has 1 aromatic carbocycles. The van der Waals surface area contributed by atoms with Gasteiger partial charge in [0.1, 0.15) is 6.07 Å². The molecule has 5 heteroatoms. The van der Waals surface area contributed by atoms with E-state index in [9.17, 15) is 5.26 Å². The van der Waals surface area contributed by atoms with E-state index in [0.717, 1.165) is 11.1 Å². The molecule has 1 atom stereocenters. The smallest absolute Gasteiger partial charge is 0.103 e. The Morgan fingerprint density at radius 2 is 2.06 bits per heavy atom. The predicted molar refractivity (Wildman–Crippen MR) is 81.3 cm³/mol. The Morgan fingerprint density at radius 3 is 2.61 bits per heavy atom. The van der Waals surface area contributed by atoms with Crippen molar-refractivity contribution in [3.63, 3.8) is 0 Å². The maximum Gasteiger partial charge on any atom is 0.103 e. The lowest BCUT2D eigenvalue weighted by Gasteiger charge is -2.19. The molecule has 0 bridgehead atoms. The normalized spacial score (nSPS) is 19.1. The molecule has 1 aromatic rings. The third-order valence-corrected chi connectivity index (χ3v) is 4.23. The molecule has 0 saturated heterocycles. The van der Waals surface area contributed by atoms with Crippen LogP contribution in [0.1, 0.15) is 5.56 Å². The van der Waals surface area contributed by atoms with Crippen molar-refractivity contribution in [2.24, 2.45) is 5.73 Å². The molecular formula is C13H9ClN2S2. The first-order chi connectivity index (χ1) is 8.65. The molecule has 2 N–H and O–H groups in total. The van der Waals surface area contributed by atoms with Gasteiger partial charge in [0.15, 0.2) is 0 Å². The lowest BCUT2D eigenvalue weighted by atomic mass is 9.98. The molecule has 0 spiro atoms. The second-order valence-electron chi connectivity index (χ2n) is 3.66. The molecule has 2 rings (SSSR count). The molecule has 90 valence electrons. The highest BCUT2D eigenvalue weighted by Gasteiger charge is 2.21. The second-order valence-corrected chi connectivity index (χ2v) is 5.59. The van der Waals surface area contributed by atoms with Crippen LogP contribution in [0.3, 0.4) is 0 Å². The molecule has 0 saturated carbocycles. The summed E-state index contributed by atoms with van der Waals surface area (Å²) in [5, 5.41) is 12.0. The van der Waals surface area contributed by atoms with Crippen molar-refractivity contribution in [1.82, 2.24) is 0 Å². The van der Waals surface area contributed by atoms with E-state index in [1.807, 2.05) is 18.2 Å². The van der Waals surface area contributed by atoms with Crippen molar-refractivity contribution in [3.05, 3.63) is 51.5 Å². The van der Waals surface area contributed by atoms with E-state index < -0.39 is 0 Å². The van der Waals surface area contributed by atoms with Crippen LogP contribution in [0.4, 0.5) is 0 Å². The van der Waals surface area contributed by atoms with Gasteiger partial charge in [-0.25, -0.2) is 0 Å². The standard InChI is InChI=1S/C13H9ClN2S2/c14-9-3-1-8(2-4-9)11-5-10(7-17)18-13(16)12(11)6-15/h1-5,7,10H,16H2. The zero-order chi connectivity index (χ0) is 13.1. The number of halogens is 1. The van der Waals surface area contributed by atoms with E-state index in [2.05, 4.69) is 6.07 Å². The van der Waals surface area contributed by atoms with Gasteiger partial charge in [0, 0.05) is 5.02 Å². The molecule has 0 radical (unpaired) electrons. The minimum atomic E-state index is 0.0165. The van der Waals surface area contributed by atoms with Crippen molar-refractivity contribution >= 4 is 46.5 Å². The van der Waals surface area contributed by atoms with Crippen molar-refractivity contribution in [3.8, 4) is 6.07 Å². The van der Waals surface area contributed by atoms with Gasteiger partial charge in [-0.3, -0.25) is 0 Å². The minimum absolute atomic E-state index is 0.0165. The van der Waals surface area contributed by atoms with E-state index in [-0.39, 0.29) is 5.25 Å². The maximum atomic E-state index is 9.20. The number of benzene rings is 1. The monoisotopic (exact) mass is 292 g/mol. The number of allylic oxidation sites excluding steroid dienone is 2. The highest BCUT2D eigenvalue weighted by Crippen LogP contribution is 2.36. The van der Waals surface area contributed by atoms with E-state index in [4.69, 9.17) is 29.6 Å². The SMILES string of the molecule is N#CC1=C(N)SC(C=S)C=C1c1ccc(Cl)cc1. The highest BCUT2D eigenvalue weighted by molar-refractivity contribution is 8.05. The van der Waals surface area contributed by atoms with Crippen molar-refractivity contribution in [2.75, 3.05) is 0 Å². The Balaban J connectivity index is 2.51. The second kappa shape index (κ2) is 5.57. The summed E-state index contributed by atoms with van der Waals surface area (Å²) in [5.41, 5.74) is 8.13. The Bertz CT molecular complexity index is 582. The van der Waals surface area contributed by atoms with Gasteiger partial charge in [0.25, 0.3) is 0 Å². The fourth-order valence-electron chi connectivity index (χ4n) is 1.67. The number of nitrogens with zero attached hydrogens (tertiary/aromatic N) is 1. The summed E-state index contributed by atoms with van der Waals surface area (Å²) in [6.07, 6.45) is 1.95. The van der Waals surface area contributed by atoms with Crippen molar-refractivity contribution in [1.29, 1.82) is 5.26 Å². The van der Waals surface area contributed by atoms with E-state index in [1.165, 1.54) is 11.8 Å². The van der Waals surface area contributed by atoms with Crippen LogP contribution in [0.5, 0.6) is 0 Å². The maximum absolute atomic E-state index is 9.20. The zero-order valence-corrected chi connectivity index (χ0v) is 11.6. The van der Waals surface area contributed by atoms with Gasteiger partial charge in [-0.05, 0) is 28.6 Å². The average Bonchev–Trinajstić information content (AvgIpc) is 2.38. The Hall–Kier alpha value is -1.28. The summed E-state index contributed by atoms with van der Waals surface area (Å²) in [7, 11) is 0. The van der Waals surface area contributed by atoms with Gasteiger partial charge in [0.05, 0.1) is 15.9 Å². The van der Waals surface area contributed by atoms with Gasteiger partial charge in [-0.2, -0.15) is 5.26 Å². The van der Waals surface area contributed by atoms with Crippen LogP contribution in [-0.2, 0) is 0 Å². The first-order valence-electron chi connectivity index (χ1n) is 5.15. The third kappa shape index (κ3) is 2.59. The van der Waals surface area contributed by atoms with E-state index >= 15 is 0 Å². The number of rotatable bonds is 2. The topological polar surface area (TPSA) is 49.8 Å². The molecule has 1 aliphatic heterocycles. The fourth-order valence-corrected chi connectivity index (χ4v) is 2.87. The molecular weight excluding hydrogens is 284 g/mol. The molecule has 1 aliphatic rings. The van der Waals surface area contributed by atoms with Gasteiger partial charge < -0.3 is 5.73 Å². The van der Waals surface area contributed by atoms with Crippen LogP contribution in [0.15, 0.2) is 40.9 Å². The van der Waals surface area contributed by atoms with Gasteiger partial charge in [-0.1, -0.05) is 53.8 Å². The van der Waals surface area contributed by atoms with Crippen LogP contribution in [0, 0.1) is 11.3 Å². The van der Waals surface area contributed by atoms with Crippen LogP contribution < -0.4 is 5.73 Å².